The second kappa shape index (κ2) is 5.13. The van der Waals surface area contributed by atoms with Gasteiger partial charge >= 0.3 is 0 Å². The summed E-state index contributed by atoms with van der Waals surface area (Å²) in [6, 6.07) is 4.94. The van der Waals surface area contributed by atoms with Crippen LogP contribution in [-0.2, 0) is 10.0 Å². The van der Waals surface area contributed by atoms with E-state index in [0.717, 1.165) is 12.8 Å². The average Bonchev–Trinajstić information content (AvgIpc) is 2.60. The van der Waals surface area contributed by atoms with Gasteiger partial charge in [-0.1, -0.05) is 13.8 Å². The van der Waals surface area contributed by atoms with Crippen LogP contribution in [0.5, 0.6) is 0 Å². The number of rotatable bonds is 3. The van der Waals surface area contributed by atoms with Gasteiger partial charge in [-0.05, 0) is 55.4 Å². The number of sulfonamides is 1. The Labute approximate surface area is 115 Å². The Bertz CT molecular complexity index is 569. The number of nitrogen functional groups attached to an aromatic ring is 1. The highest BCUT2D eigenvalue weighted by Crippen LogP contribution is 2.32. The van der Waals surface area contributed by atoms with Crippen LogP contribution < -0.4 is 10.5 Å². The van der Waals surface area contributed by atoms with Crippen LogP contribution in [0.1, 0.15) is 32.3 Å². The van der Waals surface area contributed by atoms with E-state index >= 15 is 0 Å². The molecule has 2 rings (SSSR count). The summed E-state index contributed by atoms with van der Waals surface area (Å²) in [6.07, 6.45) is 1.99. The summed E-state index contributed by atoms with van der Waals surface area (Å²) in [5, 5.41) is 0. The molecule has 1 aromatic carbocycles. The van der Waals surface area contributed by atoms with Crippen LogP contribution in [0.25, 0.3) is 0 Å². The zero-order valence-corrected chi connectivity index (χ0v) is 12.5. The third-order valence-corrected chi connectivity index (χ3v) is 5.91. The quantitative estimate of drug-likeness (QED) is 0.835. The molecular weight excluding hydrogens is 260 g/mol. The largest absolute Gasteiger partial charge is 0.399 e. The summed E-state index contributed by atoms with van der Waals surface area (Å²) in [5.74, 6) is 0.948. The lowest BCUT2D eigenvalue weighted by Gasteiger charge is -2.20. The maximum atomic E-state index is 12.4. The van der Waals surface area contributed by atoms with Crippen LogP contribution >= 0.6 is 0 Å². The molecule has 0 aliphatic heterocycles. The van der Waals surface area contributed by atoms with Crippen LogP contribution in [0.15, 0.2) is 23.1 Å². The fourth-order valence-electron chi connectivity index (χ4n) is 2.77. The molecule has 0 amide bonds. The second-order valence-electron chi connectivity index (χ2n) is 5.67. The van der Waals surface area contributed by atoms with Crippen molar-refractivity contribution < 1.29 is 8.42 Å². The van der Waals surface area contributed by atoms with E-state index in [-0.39, 0.29) is 6.04 Å². The van der Waals surface area contributed by atoms with Gasteiger partial charge in [0.25, 0.3) is 0 Å². The highest BCUT2D eigenvalue weighted by atomic mass is 32.2. The minimum absolute atomic E-state index is 0.0388. The molecule has 3 atom stereocenters. The Balaban J connectivity index is 2.23. The number of aryl methyl sites for hydroxylation is 1. The van der Waals surface area contributed by atoms with Crippen molar-refractivity contribution in [3.8, 4) is 0 Å². The highest BCUT2D eigenvalue weighted by Gasteiger charge is 2.33. The van der Waals surface area contributed by atoms with E-state index in [9.17, 15) is 8.42 Å². The van der Waals surface area contributed by atoms with Gasteiger partial charge in [0.15, 0.2) is 0 Å². The van der Waals surface area contributed by atoms with Crippen molar-refractivity contribution in [3.63, 3.8) is 0 Å². The summed E-state index contributed by atoms with van der Waals surface area (Å²) in [7, 11) is -3.45. The van der Waals surface area contributed by atoms with Crippen LogP contribution in [0, 0.1) is 18.8 Å². The lowest BCUT2D eigenvalue weighted by atomic mass is 9.98. The molecule has 0 bridgehead atoms. The molecule has 5 heteroatoms. The maximum Gasteiger partial charge on any atom is 0.241 e. The normalized spacial score (nSPS) is 27.6. The summed E-state index contributed by atoms with van der Waals surface area (Å²) < 4.78 is 27.7. The molecule has 3 N–H and O–H groups in total. The fraction of sp³-hybridized carbons (Fsp3) is 0.571. The molecule has 0 aromatic heterocycles. The molecule has 3 unspecified atom stereocenters. The van der Waals surface area contributed by atoms with Crippen molar-refractivity contribution in [3.05, 3.63) is 23.8 Å². The van der Waals surface area contributed by atoms with Gasteiger partial charge in [-0.15, -0.1) is 0 Å². The topological polar surface area (TPSA) is 72.2 Å². The van der Waals surface area contributed by atoms with Crippen LogP contribution in [-0.4, -0.2) is 14.5 Å². The van der Waals surface area contributed by atoms with Crippen LogP contribution in [0.2, 0.25) is 0 Å². The first-order valence-corrected chi connectivity index (χ1v) is 8.18. The van der Waals surface area contributed by atoms with Gasteiger partial charge in [0.2, 0.25) is 10.0 Å². The highest BCUT2D eigenvalue weighted by molar-refractivity contribution is 7.89. The van der Waals surface area contributed by atoms with Crippen LogP contribution in [0.3, 0.4) is 0 Å². The maximum absolute atomic E-state index is 12.4. The molecule has 1 aromatic rings. The zero-order chi connectivity index (χ0) is 14.2. The molecule has 1 aliphatic carbocycles. The Hall–Kier alpha value is -1.07. The number of hydrogen-bond donors (Lipinski definition) is 2. The summed E-state index contributed by atoms with van der Waals surface area (Å²) in [6.45, 7) is 6.06. The van der Waals surface area contributed by atoms with Gasteiger partial charge in [0.1, 0.15) is 0 Å². The number of nitrogens with one attached hydrogen (secondary N) is 1. The van der Waals surface area contributed by atoms with Crippen molar-refractivity contribution in [1.29, 1.82) is 0 Å². The number of benzene rings is 1. The van der Waals surface area contributed by atoms with E-state index in [1.807, 2.05) is 0 Å². The van der Waals surface area contributed by atoms with Gasteiger partial charge < -0.3 is 5.73 Å². The lowest BCUT2D eigenvalue weighted by molar-refractivity contribution is 0.402. The van der Waals surface area contributed by atoms with E-state index in [2.05, 4.69) is 18.6 Å². The van der Waals surface area contributed by atoms with Gasteiger partial charge in [-0.2, -0.15) is 0 Å². The first-order valence-electron chi connectivity index (χ1n) is 6.69. The third kappa shape index (κ3) is 2.92. The molecule has 0 spiro atoms. The van der Waals surface area contributed by atoms with E-state index < -0.39 is 10.0 Å². The van der Waals surface area contributed by atoms with Gasteiger partial charge in [-0.3, -0.25) is 0 Å². The smallest absolute Gasteiger partial charge is 0.241 e. The summed E-state index contributed by atoms with van der Waals surface area (Å²) in [5.41, 5.74) is 6.93. The Kier molecular flexibility index (Phi) is 3.87. The predicted molar refractivity (Wildman–Crippen MR) is 77.3 cm³/mol. The Morgan fingerprint density at radius 3 is 2.47 bits per heavy atom. The fourth-order valence-corrected chi connectivity index (χ4v) is 4.36. The van der Waals surface area contributed by atoms with E-state index in [0.29, 0.717) is 28.0 Å². The summed E-state index contributed by atoms with van der Waals surface area (Å²) >= 11 is 0. The first kappa shape index (κ1) is 14.3. The third-order valence-electron chi connectivity index (χ3n) is 4.26. The van der Waals surface area contributed by atoms with Crippen molar-refractivity contribution in [1.82, 2.24) is 4.72 Å². The summed E-state index contributed by atoms with van der Waals surface area (Å²) in [4.78, 5) is 0.327. The molecule has 0 radical (unpaired) electrons. The van der Waals surface area contributed by atoms with Crippen molar-refractivity contribution >= 4 is 15.7 Å². The van der Waals surface area contributed by atoms with E-state index in [1.54, 1.807) is 25.1 Å². The standard InChI is InChI=1S/C14H22N2O2S/c1-9-4-6-13(11(9)3)16-19(17,18)14-7-5-12(15)8-10(14)2/h5,7-9,11,13,16H,4,6,15H2,1-3H3. The van der Waals surface area contributed by atoms with Crippen molar-refractivity contribution in [2.24, 2.45) is 11.8 Å². The monoisotopic (exact) mass is 282 g/mol. The molecule has 1 aliphatic rings. The van der Waals surface area contributed by atoms with Crippen LogP contribution in [0.4, 0.5) is 5.69 Å². The minimum Gasteiger partial charge on any atom is -0.399 e. The zero-order valence-electron chi connectivity index (χ0n) is 11.7. The second-order valence-corrected chi connectivity index (χ2v) is 7.35. The van der Waals surface area contributed by atoms with Crippen molar-refractivity contribution in [2.75, 3.05) is 5.73 Å². The lowest BCUT2D eigenvalue weighted by Crippen LogP contribution is -2.37. The first-order chi connectivity index (χ1) is 8.81. The molecular formula is C14H22N2O2S. The number of nitrogens with two attached hydrogens (primary N) is 1. The predicted octanol–water partition coefficient (Wildman–Crippen LogP) is 2.29. The molecule has 4 nitrogen and oxygen atoms in total. The molecule has 106 valence electrons. The minimum atomic E-state index is -3.45. The molecule has 19 heavy (non-hydrogen) atoms. The SMILES string of the molecule is Cc1cc(N)ccc1S(=O)(=O)NC1CCC(C)C1C. The Morgan fingerprint density at radius 2 is 1.95 bits per heavy atom. The number of hydrogen-bond acceptors (Lipinski definition) is 3. The number of anilines is 1. The Morgan fingerprint density at radius 1 is 1.26 bits per heavy atom. The van der Waals surface area contributed by atoms with E-state index in [1.165, 1.54) is 0 Å². The molecule has 0 heterocycles. The van der Waals surface area contributed by atoms with Crippen molar-refractivity contribution in [2.45, 2.75) is 44.6 Å². The van der Waals surface area contributed by atoms with Gasteiger partial charge in [-0.25, -0.2) is 13.1 Å². The van der Waals surface area contributed by atoms with Gasteiger partial charge in [0.05, 0.1) is 4.90 Å². The van der Waals surface area contributed by atoms with E-state index in [4.69, 9.17) is 5.73 Å². The molecule has 1 fully saturated rings. The molecule has 1 saturated carbocycles. The molecule has 0 saturated heterocycles. The van der Waals surface area contributed by atoms with Gasteiger partial charge in [0, 0.05) is 11.7 Å². The average molecular weight is 282 g/mol.